The standard InChI is InChI=1S/C10H11N3O4/c1-2-3-12-5-11-7-8(12)10(17)13(9(7)16)4-6(14)15/h5H,2-4H2,1H3,(H,14,15). The van der Waals surface area contributed by atoms with Gasteiger partial charge in [-0.25, -0.2) is 4.98 Å². The van der Waals surface area contributed by atoms with E-state index < -0.39 is 24.3 Å². The van der Waals surface area contributed by atoms with Gasteiger partial charge in [-0.2, -0.15) is 0 Å². The highest BCUT2D eigenvalue weighted by Crippen LogP contribution is 2.21. The van der Waals surface area contributed by atoms with E-state index in [0.29, 0.717) is 11.4 Å². The minimum Gasteiger partial charge on any atom is -0.480 e. The van der Waals surface area contributed by atoms with Crippen LogP contribution in [0.3, 0.4) is 0 Å². The van der Waals surface area contributed by atoms with Gasteiger partial charge in [-0.1, -0.05) is 6.92 Å². The molecule has 0 bridgehead atoms. The van der Waals surface area contributed by atoms with Gasteiger partial charge in [0.05, 0.1) is 6.33 Å². The molecule has 0 fully saturated rings. The average molecular weight is 237 g/mol. The van der Waals surface area contributed by atoms with Crippen molar-refractivity contribution >= 4 is 17.8 Å². The summed E-state index contributed by atoms with van der Waals surface area (Å²) in [5.41, 5.74) is 0.239. The summed E-state index contributed by atoms with van der Waals surface area (Å²) in [5.74, 6) is -2.44. The number of carbonyl (C=O) groups is 3. The third-order valence-electron chi connectivity index (χ3n) is 2.49. The zero-order valence-corrected chi connectivity index (χ0v) is 9.21. The molecular formula is C10H11N3O4. The van der Waals surface area contributed by atoms with Crippen LogP contribution >= 0.6 is 0 Å². The molecule has 2 amide bonds. The largest absolute Gasteiger partial charge is 0.480 e. The van der Waals surface area contributed by atoms with E-state index in [1.165, 1.54) is 6.33 Å². The number of aliphatic carboxylic acids is 1. The van der Waals surface area contributed by atoms with Gasteiger partial charge in [0.2, 0.25) is 0 Å². The van der Waals surface area contributed by atoms with E-state index in [0.717, 1.165) is 6.42 Å². The van der Waals surface area contributed by atoms with Crippen molar-refractivity contribution < 1.29 is 19.5 Å². The fourth-order valence-corrected chi connectivity index (χ4v) is 1.80. The van der Waals surface area contributed by atoms with Crippen LogP contribution in [-0.4, -0.2) is 43.9 Å². The fraction of sp³-hybridized carbons (Fsp3) is 0.400. The van der Waals surface area contributed by atoms with Crippen LogP contribution in [0.15, 0.2) is 6.33 Å². The Morgan fingerprint density at radius 2 is 2.12 bits per heavy atom. The van der Waals surface area contributed by atoms with Crippen molar-refractivity contribution in [3.8, 4) is 0 Å². The molecular weight excluding hydrogens is 226 g/mol. The quantitative estimate of drug-likeness (QED) is 0.742. The molecule has 0 saturated carbocycles. The highest BCUT2D eigenvalue weighted by molar-refractivity contribution is 6.20. The van der Waals surface area contributed by atoms with E-state index in [-0.39, 0.29) is 11.4 Å². The zero-order valence-electron chi connectivity index (χ0n) is 9.21. The number of carboxylic acids is 1. The summed E-state index contributed by atoms with van der Waals surface area (Å²) in [6.07, 6.45) is 2.23. The lowest BCUT2D eigenvalue weighted by atomic mass is 10.3. The molecule has 1 aromatic rings. The van der Waals surface area contributed by atoms with Gasteiger partial charge in [-0.15, -0.1) is 0 Å². The average Bonchev–Trinajstić information content (AvgIpc) is 2.76. The molecule has 0 aromatic carbocycles. The Morgan fingerprint density at radius 3 is 2.71 bits per heavy atom. The molecule has 0 atom stereocenters. The van der Waals surface area contributed by atoms with Crippen molar-refractivity contribution in [2.75, 3.05) is 6.54 Å². The van der Waals surface area contributed by atoms with E-state index in [2.05, 4.69) is 4.98 Å². The topological polar surface area (TPSA) is 92.5 Å². The molecule has 1 N–H and O–H groups in total. The number of nitrogens with zero attached hydrogens (tertiary/aromatic N) is 3. The lowest BCUT2D eigenvalue weighted by Gasteiger charge is -2.11. The molecule has 2 heterocycles. The Kier molecular flexibility index (Phi) is 2.66. The Bertz CT molecular complexity index is 506. The van der Waals surface area contributed by atoms with E-state index in [9.17, 15) is 14.4 Å². The summed E-state index contributed by atoms with van der Waals surface area (Å²) in [6.45, 7) is 1.88. The van der Waals surface area contributed by atoms with Crippen molar-refractivity contribution in [1.82, 2.24) is 14.5 Å². The maximum absolute atomic E-state index is 11.9. The van der Waals surface area contributed by atoms with Crippen molar-refractivity contribution in [3.63, 3.8) is 0 Å². The number of amides is 2. The van der Waals surface area contributed by atoms with Crippen molar-refractivity contribution in [3.05, 3.63) is 17.7 Å². The van der Waals surface area contributed by atoms with Gasteiger partial charge in [0.1, 0.15) is 12.2 Å². The first-order chi connectivity index (χ1) is 8.06. The summed E-state index contributed by atoms with van der Waals surface area (Å²) in [7, 11) is 0. The lowest BCUT2D eigenvalue weighted by molar-refractivity contribution is -0.137. The van der Waals surface area contributed by atoms with Crippen LogP contribution in [0.2, 0.25) is 0 Å². The van der Waals surface area contributed by atoms with Crippen LogP contribution in [0, 0.1) is 0 Å². The van der Waals surface area contributed by atoms with E-state index in [4.69, 9.17) is 5.11 Å². The molecule has 2 rings (SSSR count). The molecule has 90 valence electrons. The minimum atomic E-state index is -1.22. The number of aryl methyl sites for hydroxylation is 1. The van der Waals surface area contributed by atoms with Gasteiger partial charge < -0.3 is 9.67 Å². The number of aromatic nitrogens is 2. The van der Waals surface area contributed by atoms with Gasteiger partial charge >= 0.3 is 5.97 Å². The van der Waals surface area contributed by atoms with Gasteiger partial charge in [-0.3, -0.25) is 19.3 Å². The third kappa shape index (κ3) is 1.69. The molecule has 0 aliphatic carbocycles. The maximum Gasteiger partial charge on any atom is 0.323 e. The van der Waals surface area contributed by atoms with Gasteiger partial charge in [0.25, 0.3) is 11.8 Å². The number of rotatable bonds is 4. The molecule has 7 nitrogen and oxygen atoms in total. The van der Waals surface area contributed by atoms with Crippen molar-refractivity contribution in [1.29, 1.82) is 0 Å². The molecule has 17 heavy (non-hydrogen) atoms. The number of carbonyl (C=O) groups excluding carboxylic acids is 2. The van der Waals surface area contributed by atoms with Crippen molar-refractivity contribution in [2.45, 2.75) is 19.9 Å². The van der Waals surface area contributed by atoms with E-state index >= 15 is 0 Å². The predicted molar refractivity (Wildman–Crippen MR) is 55.5 cm³/mol. The molecule has 0 radical (unpaired) electrons. The number of fused-ring (bicyclic) bond motifs is 1. The second-order valence-electron chi connectivity index (χ2n) is 3.73. The van der Waals surface area contributed by atoms with Crippen LogP contribution in [-0.2, 0) is 11.3 Å². The Balaban J connectivity index is 2.36. The van der Waals surface area contributed by atoms with Crippen molar-refractivity contribution in [2.24, 2.45) is 0 Å². The lowest BCUT2D eigenvalue weighted by Crippen LogP contribution is -2.35. The van der Waals surface area contributed by atoms with Crippen LogP contribution < -0.4 is 0 Å². The van der Waals surface area contributed by atoms with Gasteiger partial charge in [-0.05, 0) is 6.42 Å². The van der Waals surface area contributed by atoms with Gasteiger partial charge in [0, 0.05) is 6.54 Å². The first-order valence-corrected chi connectivity index (χ1v) is 5.19. The number of hydrogen-bond acceptors (Lipinski definition) is 4. The number of carboxylic acid groups (broad SMARTS) is 1. The summed E-state index contributed by atoms with van der Waals surface area (Å²) >= 11 is 0. The second-order valence-corrected chi connectivity index (χ2v) is 3.73. The van der Waals surface area contributed by atoms with Crippen LogP contribution in [0.4, 0.5) is 0 Å². The Morgan fingerprint density at radius 1 is 1.41 bits per heavy atom. The number of hydrogen-bond donors (Lipinski definition) is 1. The maximum atomic E-state index is 11.9. The van der Waals surface area contributed by atoms with Crippen LogP contribution in [0.5, 0.6) is 0 Å². The van der Waals surface area contributed by atoms with E-state index in [1.807, 2.05) is 6.92 Å². The fourth-order valence-electron chi connectivity index (χ4n) is 1.80. The summed E-state index contributed by atoms with van der Waals surface area (Å²) in [5, 5.41) is 8.63. The Hall–Kier alpha value is -2.18. The second kappa shape index (κ2) is 4.00. The first-order valence-electron chi connectivity index (χ1n) is 5.19. The summed E-state index contributed by atoms with van der Waals surface area (Å²) < 4.78 is 1.58. The van der Waals surface area contributed by atoms with E-state index in [1.54, 1.807) is 4.57 Å². The van der Waals surface area contributed by atoms with Crippen LogP contribution in [0.25, 0.3) is 0 Å². The van der Waals surface area contributed by atoms with Crippen LogP contribution in [0.1, 0.15) is 34.3 Å². The number of imidazole rings is 1. The molecule has 1 aliphatic rings. The molecule has 1 aromatic heterocycles. The summed E-state index contributed by atoms with van der Waals surface area (Å²) in [6, 6.07) is 0. The zero-order chi connectivity index (χ0) is 12.6. The molecule has 0 unspecified atom stereocenters. The normalized spacial score (nSPS) is 14.3. The molecule has 0 saturated heterocycles. The monoisotopic (exact) mass is 237 g/mol. The summed E-state index contributed by atoms with van der Waals surface area (Å²) in [4.78, 5) is 38.7. The third-order valence-corrected chi connectivity index (χ3v) is 2.49. The number of imide groups is 1. The van der Waals surface area contributed by atoms with Gasteiger partial charge in [0.15, 0.2) is 5.69 Å². The highest BCUT2D eigenvalue weighted by atomic mass is 16.4. The minimum absolute atomic E-state index is 0.0460. The molecule has 7 heteroatoms. The smallest absolute Gasteiger partial charge is 0.323 e. The SMILES string of the molecule is CCCn1cnc2c1C(=O)N(CC(=O)O)C2=O. The Labute approximate surface area is 96.7 Å². The predicted octanol–water partition coefficient (Wildman–Crippen LogP) is -0.0263. The first kappa shape index (κ1) is 11.3. The highest BCUT2D eigenvalue weighted by Gasteiger charge is 2.40. The molecule has 1 aliphatic heterocycles. The molecule has 0 spiro atoms.